The number of guanidine groups is 1. The number of nitrogens with one attached hydrogen (secondary N) is 2. The number of ether oxygens (including phenoxy) is 5. The van der Waals surface area contributed by atoms with Gasteiger partial charge in [-0.05, 0) is 61.0 Å². The van der Waals surface area contributed by atoms with Crippen LogP contribution in [0.4, 0.5) is 14.4 Å². The van der Waals surface area contributed by atoms with Crippen LogP contribution in [0, 0.1) is 12.3 Å². The molecule has 0 fully saturated rings. The Morgan fingerprint density at radius 1 is 0.875 bits per heavy atom. The van der Waals surface area contributed by atoms with Crippen LogP contribution in [-0.4, -0.2) is 72.9 Å². The Balaban J connectivity index is 2.64. The number of aliphatic imine (C=N–C) groups is 1. The lowest BCUT2D eigenvalue weighted by molar-refractivity contribution is -0.160. The van der Waals surface area contributed by atoms with Crippen molar-refractivity contribution < 1.29 is 48.0 Å². The van der Waals surface area contributed by atoms with Gasteiger partial charge in [0.2, 0.25) is 5.96 Å². The van der Waals surface area contributed by atoms with Crippen LogP contribution in [0.25, 0.3) is 0 Å². The summed E-state index contributed by atoms with van der Waals surface area (Å²) < 4.78 is 25.5. The summed E-state index contributed by atoms with van der Waals surface area (Å²) in [6.07, 6.45) is -2.85. The zero-order chi connectivity index (χ0) is 30.6. The van der Waals surface area contributed by atoms with Crippen molar-refractivity contribution in [2.24, 2.45) is 10.4 Å². The molecule has 224 valence electrons. The average molecular weight is 568 g/mol. The smallest absolute Gasteiger partial charge is 0.463 e. The third kappa shape index (κ3) is 14.3. The van der Waals surface area contributed by atoms with Crippen LogP contribution < -0.4 is 10.6 Å². The van der Waals surface area contributed by atoms with Crippen LogP contribution in [0.3, 0.4) is 0 Å². The number of aryl methyl sites for hydroxylation is 1. The molecule has 0 saturated carbocycles. The number of benzene rings is 1. The van der Waals surface area contributed by atoms with Gasteiger partial charge in [0.25, 0.3) is 0 Å². The fourth-order valence-electron chi connectivity index (χ4n) is 2.63. The SMILES string of the molecule is Cc1ccc(COC(=O)OCC(C)(CO)C(=O)OCCN/C(=N\C(=O)OC(C)(C)C)NC(=O)OC(C)(C)C)cc1. The van der Waals surface area contributed by atoms with Gasteiger partial charge in [-0.1, -0.05) is 29.8 Å². The molecule has 0 bridgehead atoms. The van der Waals surface area contributed by atoms with Gasteiger partial charge in [-0.15, -0.1) is 4.99 Å². The first-order valence-electron chi connectivity index (χ1n) is 12.6. The number of alkyl carbamates (subject to hydrolysis) is 1. The van der Waals surface area contributed by atoms with Gasteiger partial charge in [0.1, 0.15) is 36.4 Å². The normalized spacial score (nSPS) is 13.4. The molecule has 3 N–H and O–H groups in total. The Bertz CT molecular complexity index is 1040. The molecule has 1 rings (SSSR count). The lowest BCUT2D eigenvalue weighted by Crippen LogP contribution is -2.45. The molecule has 2 amide bonds. The molecule has 0 radical (unpaired) electrons. The summed E-state index contributed by atoms with van der Waals surface area (Å²) in [4.78, 5) is 52.5. The standard InChI is InChI=1S/C27H41N3O10/c1-18-9-11-19(12-10-18)15-37-24(35)38-17-27(8,16-31)20(32)36-14-13-28-21(29-22(33)39-25(2,3)4)30-23(34)40-26(5,6)7/h9-12,31H,13-17H2,1-8H3,(H2,28,29,30,33,34). The molecule has 1 aromatic rings. The molecule has 1 unspecified atom stereocenters. The molecular weight excluding hydrogens is 526 g/mol. The number of hydrogen-bond donors (Lipinski definition) is 3. The fourth-order valence-corrected chi connectivity index (χ4v) is 2.63. The molecule has 0 aromatic heterocycles. The van der Waals surface area contributed by atoms with Crippen molar-refractivity contribution in [3.8, 4) is 0 Å². The number of amides is 2. The third-order valence-corrected chi connectivity index (χ3v) is 4.67. The molecule has 1 atom stereocenters. The Labute approximate surface area is 234 Å². The first kappa shape index (κ1) is 34.2. The number of carbonyl (C=O) groups is 4. The van der Waals surface area contributed by atoms with E-state index in [9.17, 15) is 24.3 Å². The number of hydrogen-bond acceptors (Lipinski definition) is 10. The van der Waals surface area contributed by atoms with E-state index >= 15 is 0 Å². The van der Waals surface area contributed by atoms with Crippen LogP contribution >= 0.6 is 0 Å². The summed E-state index contributed by atoms with van der Waals surface area (Å²) in [5.41, 5.74) is -1.37. The highest BCUT2D eigenvalue weighted by atomic mass is 16.7. The van der Waals surface area contributed by atoms with E-state index in [4.69, 9.17) is 23.7 Å². The minimum Gasteiger partial charge on any atom is -0.463 e. The van der Waals surface area contributed by atoms with Crippen LogP contribution in [0.5, 0.6) is 0 Å². The second-order valence-electron chi connectivity index (χ2n) is 11.2. The molecule has 0 spiro atoms. The molecule has 0 saturated heterocycles. The number of rotatable bonds is 9. The predicted molar refractivity (Wildman–Crippen MR) is 145 cm³/mol. The maximum Gasteiger partial charge on any atom is 0.508 e. The maximum absolute atomic E-state index is 12.6. The Hall–Kier alpha value is -3.87. The number of nitrogens with zero attached hydrogens (tertiary/aromatic N) is 1. The van der Waals surface area contributed by atoms with Crippen molar-refractivity contribution in [1.29, 1.82) is 0 Å². The predicted octanol–water partition coefficient (Wildman–Crippen LogP) is 3.60. The highest BCUT2D eigenvalue weighted by molar-refractivity contribution is 5.98. The molecule has 0 aliphatic heterocycles. The van der Waals surface area contributed by atoms with Gasteiger partial charge in [0.15, 0.2) is 0 Å². The lowest BCUT2D eigenvalue weighted by atomic mass is 9.93. The first-order valence-corrected chi connectivity index (χ1v) is 12.6. The highest BCUT2D eigenvalue weighted by Crippen LogP contribution is 2.19. The quantitative estimate of drug-likeness (QED) is 0.131. The minimum atomic E-state index is -1.56. The lowest BCUT2D eigenvalue weighted by Gasteiger charge is -2.24. The van der Waals surface area contributed by atoms with Crippen LogP contribution in [0.1, 0.15) is 59.6 Å². The van der Waals surface area contributed by atoms with E-state index in [1.165, 1.54) is 6.92 Å². The topological polar surface area (TPSA) is 171 Å². The summed E-state index contributed by atoms with van der Waals surface area (Å²) in [5, 5.41) is 14.7. The van der Waals surface area contributed by atoms with Crippen molar-refractivity contribution in [1.82, 2.24) is 10.6 Å². The van der Waals surface area contributed by atoms with E-state index in [0.29, 0.717) is 0 Å². The first-order chi connectivity index (χ1) is 18.4. The van der Waals surface area contributed by atoms with E-state index in [1.807, 2.05) is 19.1 Å². The van der Waals surface area contributed by atoms with E-state index in [2.05, 4.69) is 15.6 Å². The van der Waals surface area contributed by atoms with Crippen LogP contribution in [0.15, 0.2) is 29.3 Å². The minimum absolute atomic E-state index is 0.0183. The summed E-state index contributed by atoms with van der Waals surface area (Å²) in [5.74, 6) is -1.14. The van der Waals surface area contributed by atoms with Gasteiger partial charge >= 0.3 is 24.3 Å². The summed E-state index contributed by atoms with van der Waals surface area (Å²) in [6.45, 7) is 11.7. The molecule has 0 aliphatic rings. The molecule has 0 aliphatic carbocycles. The van der Waals surface area contributed by atoms with Gasteiger partial charge in [-0.3, -0.25) is 10.1 Å². The van der Waals surface area contributed by atoms with Crippen molar-refractivity contribution in [3.05, 3.63) is 35.4 Å². The van der Waals surface area contributed by atoms with E-state index in [-0.39, 0.29) is 25.7 Å². The van der Waals surface area contributed by atoms with Crippen molar-refractivity contribution in [3.63, 3.8) is 0 Å². The van der Waals surface area contributed by atoms with Gasteiger partial charge in [0.05, 0.1) is 13.2 Å². The maximum atomic E-state index is 12.6. The second-order valence-corrected chi connectivity index (χ2v) is 11.2. The van der Waals surface area contributed by atoms with Gasteiger partial charge < -0.3 is 34.1 Å². The molecular formula is C27H41N3O10. The largest absolute Gasteiger partial charge is 0.508 e. The molecule has 13 heteroatoms. The zero-order valence-electron chi connectivity index (χ0n) is 24.4. The zero-order valence-corrected chi connectivity index (χ0v) is 24.4. The Morgan fingerprint density at radius 2 is 1.48 bits per heavy atom. The fraction of sp³-hybridized carbons (Fsp3) is 0.593. The number of carbonyl (C=O) groups excluding carboxylic acids is 4. The highest BCUT2D eigenvalue weighted by Gasteiger charge is 2.36. The average Bonchev–Trinajstić information content (AvgIpc) is 2.82. The van der Waals surface area contributed by atoms with Crippen molar-refractivity contribution in [2.45, 2.75) is 73.2 Å². The van der Waals surface area contributed by atoms with Gasteiger partial charge in [-0.25, -0.2) is 14.4 Å². The van der Waals surface area contributed by atoms with E-state index in [1.54, 1.807) is 53.7 Å². The molecule has 40 heavy (non-hydrogen) atoms. The Morgan fingerprint density at radius 3 is 2.02 bits per heavy atom. The molecule has 0 heterocycles. The van der Waals surface area contributed by atoms with Gasteiger partial charge in [-0.2, -0.15) is 0 Å². The Kier molecular flexibility index (Phi) is 12.9. The number of aliphatic hydroxyl groups is 1. The van der Waals surface area contributed by atoms with E-state index < -0.39 is 54.1 Å². The third-order valence-electron chi connectivity index (χ3n) is 4.67. The molecule has 1 aromatic carbocycles. The van der Waals surface area contributed by atoms with E-state index in [0.717, 1.165) is 11.1 Å². The van der Waals surface area contributed by atoms with Crippen LogP contribution in [0.2, 0.25) is 0 Å². The molecule has 13 nitrogen and oxygen atoms in total. The van der Waals surface area contributed by atoms with Crippen molar-refractivity contribution in [2.75, 3.05) is 26.4 Å². The monoisotopic (exact) mass is 567 g/mol. The number of aliphatic hydroxyl groups excluding tert-OH is 1. The number of esters is 1. The summed E-state index contributed by atoms with van der Waals surface area (Å²) >= 11 is 0. The summed E-state index contributed by atoms with van der Waals surface area (Å²) in [7, 11) is 0. The van der Waals surface area contributed by atoms with Crippen LogP contribution in [-0.2, 0) is 35.1 Å². The van der Waals surface area contributed by atoms with Gasteiger partial charge in [0, 0.05) is 0 Å². The second kappa shape index (κ2) is 15.1. The van der Waals surface area contributed by atoms with Crippen molar-refractivity contribution >= 4 is 30.3 Å². The summed E-state index contributed by atoms with van der Waals surface area (Å²) in [6, 6.07) is 7.35.